The first-order valence-corrected chi connectivity index (χ1v) is 48.1. The summed E-state index contributed by atoms with van der Waals surface area (Å²) < 4.78 is 93.1. The van der Waals surface area contributed by atoms with Crippen LogP contribution in [-0.2, 0) is 53.8 Å². The number of aromatic amines is 1. The van der Waals surface area contributed by atoms with Crippen molar-refractivity contribution in [1.29, 1.82) is 0 Å². The number of aromatic carboxylic acids is 1. The van der Waals surface area contributed by atoms with Crippen LogP contribution < -0.4 is 37.3 Å². The molecule has 132 heavy (non-hydrogen) atoms. The Morgan fingerprint density at radius 1 is 0.606 bits per heavy atom. The molecule has 1 unspecified atom stereocenters. The second-order valence-electron chi connectivity index (χ2n) is 42.7. The predicted molar refractivity (Wildman–Crippen MR) is 514 cm³/mol. The lowest BCUT2D eigenvalue weighted by molar-refractivity contribution is -0.149. The van der Waals surface area contributed by atoms with Gasteiger partial charge in [-0.1, -0.05) is 48.5 Å². The number of guanidine groups is 1. The van der Waals surface area contributed by atoms with E-state index in [-0.39, 0.29) is 81.3 Å². The first-order valence-electron chi connectivity index (χ1n) is 41.6. The molecule has 0 spiro atoms. The van der Waals surface area contributed by atoms with E-state index in [1.54, 1.807) is 89.4 Å². The summed E-state index contributed by atoms with van der Waals surface area (Å²) in [5.74, 6) is 0.00491. The van der Waals surface area contributed by atoms with Crippen LogP contribution in [0, 0.1) is 27.1 Å². The molecular weight excluding hydrogens is 1810 g/mol. The third kappa shape index (κ3) is 58.2. The Hall–Kier alpha value is -7.30. The van der Waals surface area contributed by atoms with E-state index < -0.39 is 131 Å². The van der Waals surface area contributed by atoms with Crippen molar-refractivity contribution in [3.8, 4) is 0 Å². The summed E-state index contributed by atoms with van der Waals surface area (Å²) in [6.07, 6.45) is 0.829. The molecule has 774 valence electrons. The number of aliphatic hydroxyl groups excluding tert-OH is 10. The molecule has 49 heteroatoms. The average molecular weight is 1980 g/mol. The van der Waals surface area contributed by atoms with Gasteiger partial charge in [-0.05, 0) is 225 Å². The van der Waals surface area contributed by atoms with Crippen molar-refractivity contribution in [1.82, 2.24) is 54.1 Å². The number of aliphatic imine (C=N–C) groups is 1. The molecule has 0 amide bonds. The number of ether oxygens (including phenoxy) is 2. The van der Waals surface area contributed by atoms with Crippen molar-refractivity contribution >= 4 is 102 Å². The summed E-state index contributed by atoms with van der Waals surface area (Å²) in [6, 6.07) is 0. The van der Waals surface area contributed by atoms with Crippen molar-refractivity contribution in [2.75, 3.05) is 55.7 Å². The zero-order chi connectivity index (χ0) is 107. The van der Waals surface area contributed by atoms with Crippen LogP contribution in [0.2, 0.25) is 0 Å². The first-order chi connectivity index (χ1) is 58.2. The molecule has 0 aliphatic carbocycles. The van der Waals surface area contributed by atoms with Gasteiger partial charge >= 0.3 is 25.5 Å². The number of hydrogen-bond acceptors (Lipinski definition) is 34. The number of fused-ring (bicyclic) bond motifs is 2. The number of H-pyrrole nitrogens is 1. The van der Waals surface area contributed by atoms with Crippen molar-refractivity contribution in [3.63, 3.8) is 0 Å². The number of primary sulfonamides is 1. The lowest BCUT2D eigenvalue weighted by atomic mass is 9.66. The Bertz CT molecular complexity index is 4570. The number of carbonyl (C=O) groups excluding carboxylic acids is 1. The number of aliphatic carboxylic acids is 1. The number of aliphatic hydroxyl groups is 10. The van der Waals surface area contributed by atoms with Gasteiger partial charge in [0.2, 0.25) is 26.0 Å². The van der Waals surface area contributed by atoms with E-state index in [1.165, 1.54) is 84.6 Å². The fourth-order valence-corrected chi connectivity index (χ4v) is 9.32. The maximum atomic E-state index is 10.6. The molecule has 0 radical (unpaired) electrons. The Balaban J connectivity index is -0.000000335. The lowest BCUT2D eigenvalue weighted by Crippen LogP contribution is -2.50. The molecule has 1 saturated heterocycles. The summed E-state index contributed by atoms with van der Waals surface area (Å²) in [6.45, 7) is 65.6. The number of sulfonamides is 2. The van der Waals surface area contributed by atoms with Crippen LogP contribution >= 0.6 is 7.60 Å². The molecular formula is C83H167N18O27PS3. The molecule has 0 bridgehead atoms. The Kier molecular flexibility index (Phi) is 56.0. The molecule has 5 aromatic rings. The molecule has 0 saturated carbocycles. The molecule has 6 rings (SSSR count). The maximum absolute atomic E-state index is 10.6. The number of carboxylic acid groups (broad SMARTS) is 2. The third-order valence-corrected chi connectivity index (χ3v) is 22.6. The topological polar surface area (TPSA) is 755 Å². The van der Waals surface area contributed by atoms with E-state index in [1.807, 2.05) is 111 Å². The monoisotopic (exact) mass is 1980 g/mol. The summed E-state index contributed by atoms with van der Waals surface area (Å²) in [4.78, 5) is 87.7. The number of esters is 1. The van der Waals surface area contributed by atoms with Gasteiger partial charge in [0, 0.05) is 40.0 Å². The van der Waals surface area contributed by atoms with Crippen LogP contribution in [0.4, 0.5) is 17.6 Å². The summed E-state index contributed by atoms with van der Waals surface area (Å²) in [5, 5.41) is 124. The number of aromatic nitrogens is 10. The smallest absolute Gasteiger partial charge is 0.338 e. The highest BCUT2D eigenvalue weighted by Crippen LogP contribution is 2.49. The number of hydrogen-bond donors (Lipinski definition) is 23. The largest absolute Gasteiger partial charge is 0.481 e. The summed E-state index contributed by atoms with van der Waals surface area (Å²) >= 11 is 0. The SMILES string of the molecule is CC(C)(C)C(=O)O.CC(C)(C)N=C(N)N.CC(C)(C)NS(C)(=O)=O.CC(C)(C)Nc1ncc(C(=O)O)cn1.CC(C)(C)Nc1ncnc2c1ncn2[C@@H]1O[C@H](CO)[C@H](O)C1O.CC(C)(C)Nc1ncnc2nc[nH]c12.CC(C)(C)P(=O)(O)O.CC(C)(C)S(=O)(=O)O.CC(C)(C)S(N)(=O)=O.CC(C)(C)[C@H](O)[C@@H](O)[C@H](O)[C@H](O)CO.CCC(CO)(CO)C(C)(C)C.COC(=O)C(C)(C)C. The number of nitrogens with one attached hydrogen (secondary N) is 5. The first kappa shape index (κ1) is 135. The van der Waals surface area contributed by atoms with Gasteiger partial charge in [0.25, 0.3) is 10.1 Å². The van der Waals surface area contributed by atoms with Crippen LogP contribution in [0.25, 0.3) is 22.3 Å². The van der Waals surface area contributed by atoms with Gasteiger partial charge in [0.1, 0.15) is 54.8 Å². The van der Waals surface area contributed by atoms with Crippen LogP contribution in [0.15, 0.2) is 42.7 Å². The quantitative estimate of drug-likeness (QED) is 0.0177. The van der Waals surface area contributed by atoms with Gasteiger partial charge < -0.3 is 113 Å². The minimum absolute atomic E-state index is 0.0214. The number of carboxylic acids is 2. The van der Waals surface area contributed by atoms with Crippen molar-refractivity contribution in [2.45, 2.75) is 354 Å². The Labute approximate surface area is 782 Å². The van der Waals surface area contributed by atoms with E-state index >= 15 is 0 Å². The van der Waals surface area contributed by atoms with Crippen LogP contribution in [-0.4, -0.2) is 299 Å². The number of carbonyl (C=O) groups is 3. The van der Waals surface area contributed by atoms with Gasteiger partial charge in [0.05, 0.1) is 95.1 Å². The normalized spacial score (nSPS) is 16.2. The lowest BCUT2D eigenvalue weighted by Gasteiger charge is -2.41. The zero-order valence-corrected chi connectivity index (χ0v) is 88.4. The van der Waals surface area contributed by atoms with E-state index in [4.69, 9.17) is 66.3 Å². The van der Waals surface area contributed by atoms with E-state index in [0.717, 1.165) is 24.0 Å². The minimum Gasteiger partial charge on any atom is -0.481 e. The molecule has 8 atom stereocenters. The molecule has 1 fully saturated rings. The van der Waals surface area contributed by atoms with Crippen molar-refractivity contribution in [2.24, 2.45) is 48.7 Å². The van der Waals surface area contributed by atoms with Gasteiger partial charge in [0.15, 0.2) is 40.6 Å². The Morgan fingerprint density at radius 3 is 1.26 bits per heavy atom. The number of imidazole rings is 2. The molecule has 26 N–H and O–H groups in total. The standard InChI is InChI=1S/C14H21N5O4.C9H13N5.C9H13N3O2.C9H20O5.C9H20O2.C6H12O2.C5H13N3.C5H13NO2S.C5H10O2.C4H11NO2S.C4H11O3P.C4H10O3S/c1-14(2,3)18-11-8-12(16-5-15-11)19(6-17-8)13-10(22)9(21)7(4-20)23-13;1-9(2,3)14-8-6-7(11-4-10-6)12-5-13-8;1-9(2,3)12-8-10-4-6(5-11-8)7(13)14;1-9(2,3)8(14)7(13)6(12)5(11)4-10;1-5-9(6-10,7-11)8(2,3)4;1-6(2,3)5(7)8-4;1-5(2,3)8-4(6)7;1-5(2,3)6-9(4,7)8;1-5(2,3)4(6)7;3*1-4(2,3)8(5,6)7/h5-7,9-10,13,20-22H,4H2,1-3H3,(H,15,16,18);4-5H,1-3H3,(H2,10,11,12,13,14);4-5H,1-3H3,(H,13,14)(H,10,11,12);5-8,10-14H,4H2,1-3H3;10-11H,5-7H2,1-4H3;1-4H3;1-3H3,(H4,6,7,8);6H,1-4H3;1-3H3,(H,6,7);2*1-3H3,(H2,5,6,7);1-3H3,(H,5,6,7)/t7-,9+,10?,13-;;;5-,6-,7+,8-;;;;;;;;/m1..1......../s1. The van der Waals surface area contributed by atoms with Crippen LogP contribution in [0.3, 0.4) is 0 Å². The highest BCUT2D eigenvalue weighted by atomic mass is 32.2. The minimum atomic E-state index is -3.85. The van der Waals surface area contributed by atoms with Crippen molar-refractivity contribution in [3.05, 3.63) is 43.3 Å². The molecule has 45 nitrogen and oxygen atoms in total. The van der Waals surface area contributed by atoms with Crippen molar-refractivity contribution < 1.29 is 129 Å². The van der Waals surface area contributed by atoms with E-state index in [9.17, 15) is 74.8 Å². The predicted octanol–water partition coefficient (Wildman–Crippen LogP) is 6.90. The van der Waals surface area contributed by atoms with Gasteiger partial charge in [-0.3, -0.25) is 23.3 Å². The fraction of sp³-hybridized carbons (Fsp3) is 0.783. The molecule has 5 aromatic heterocycles. The fourth-order valence-electron chi connectivity index (χ4n) is 8.21. The molecule has 1 aliphatic rings. The molecule has 6 heterocycles. The Morgan fingerprint density at radius 2 is 1.01 bits per heavy atom. The van der Waals surface area contributed by atoms with E-state index in [0.29, 0.717) is 28.6 Å². The second-order valence-corrected chi connectivity index (χ2v) is 51.3. The number of rotatable bonds is 14. The average Bonchev–Trinajstić information content (AvgIpc) is 1.61. The van der Waals surface area contributed by atoms with E-state index in [2.05, 4.69) is 96.0 Å². The number of methoxy groups -OCH3 is 1. The van der Waals surface area contributed by atoms with Gasteiger partial charge in [-0.25, -0.2) is 76.4 Å². The van der Waals surface area contributed by atoms with Crippen LogP contribution in [0.1, 0.15) is 279 Å². The molecule has 1 aliphatic heterocycles. The highest BCUT2D eigenvalue weighted by Gasteiger charge is 2.45. The van der Waals surface area contributed by atoms with Gasteiger partial charge in [-0.15, -0.1) is 0 Å². The zero-order valence-electron chi connectivity index (χ0n) is 85.1. The third-order valence-electron chi connectivity index (χ3n) is 16.7. The summed E-state index contributed by atoms with van der Waals surface area (Å²) in [7, 11) is -12.7. The second kappa shape index (κ2) is 54.6. The number of nitrogens with zero attached hydrogens (tertiary/aromatic N) is 10. The van der Waals surface area contributed by atoms with Gasteiger partial charge in [-0.2, -0.15) is 8.42 Å². The maximum Gasteiger partial charge on any atom is 0.338 e. The van der Waals surface area contributed by atoms with Crippen LogP contribution in [0.5, 0.6) is 0 Å². The molecule has 0 aromatic carbocycles. The highest BCUT2D eigenvalue weighted by molar-refractivity contribution is 7.90. The summed E-state index contributed by atoms with van der Waals surface area (Å²) in [5.41, 5.74) is 10.1. The number of nitrogens with two attached hydrogens (primary N) is 3. The number of anilines is 3.